The van der Waals surface area contributed by atoms with Gasteiger partial charge in [0.1, 0.15) is 5.76 Å². The third-order valence-electron chi connectivity index (χ3n) is 5.04. The Balaban J connectivity index is 1.56. The molecule has 6 heteroatoms. The fourth-order valence-electron chi connectivity index (χ4n) is 3.82. The molecule has 1 N–H and O–H groups in total. The van der Waals surface area contributed by atoms with Gasteiger partial charge in [-0.25, -0.2) is 4.98 Å². The van der Waals surface area contributed by atoms with Crippen molar-refractivity contribution in [1.29, 1.82) is 0 Å². The van der Waals surface area contributed by atoms with Crippen molar-refractivity contribution in [3.05, 3.63) is 17.3 Å². The number of rotatable bonds is 6. The Morgan fingerprint density at radius 3 is 2.96 bits per heavy atom. The minimum Gasteiger partial charge on any atom is -0.437 e. The van der Waals surface area contributed by atoms with Gasteiger partial charge in [0.2, 0.25) is 0 Å². The van der Waals surface area contributed by atoms with E-state index in [1.807, 2.05) is 6.92 Å². The number of aromatic nitrogens is 1. The molecule has 0 radical (unpaired) electrons. The minimum atomic E-state index is -0.257. The van der Waals surface area contributed by atoms with Gasteiger partial charge in [-0.05, 0) is 25.7 Å². The van der Waals surface area contributed by atoms with Crippen LogP contribution in [0.2, 0.25) is 0 Å². The second-order valence-corrected chi connectivity index (χ2v) is 7.21. The van der Waals surface area contributed by atoms with Gasteiger partial charge in [0, 0.05) is 39.2 Å². The summed E-state index contributed by atoms with van der Waals surface area (Å²) >= 11 is 0. The second kappa shape index (κ2) is 8.12. The van der Waals surface area contributed by atoms with Crippen molar-refractivity contribution in [1.82, 2.24) is 15.2 Å². The molecule has 1 aromatic heterocycles. The van der Waals surface area contributed by atoms with Crippen LogP contribution in [0, 0.1) is 5.92 Å². The van der Waals surface area contributed by atoms with Crippen molar-refractivity contribution < 1.29 is 13.9 Å². The largest absolute Gasteiger partial charge is 0.437 e. The van der Waals surface area contributed by atoms with Gasteiger partial charge in [0.25, 0.3) is 5.89 Å². The minimum absolute atomic E-state index is 0.0609. The summed E-state index contributed by atoms with van der Waals surface area (Å²) in [7, 11) is 1.62. The number of nitrogens with zero attached hydrogens (tertiary/aromatic N) is 2. The lowest BCUT2D eigenvalue weighted by Crippen LogP contribution is -2.36. The zero-order valence-electron chi connectivity index (χ0n) is 14.8. The number of methoxy groups -OCH3 is 1. The highest BCUT2D eigenvalue weighted by Crippen LogP contribution is 2.27. The van der Waals surface area contributed by atoms with E-state index in [-0.39, 0.29) is 17.8 Å². The predicted molar refractivity (Wildman–Crippen MR) is 90.9 cm³/mol. The van der Waals surface area contributed by atoms with E-state index in [1.54, 1.807) is 7.11 Å². The molecule has 1 aliphatic carbocycles. The average Bonchev–Trinajstić information content (AvgIpc) is 2.99. The normalized spacial score (nSPS) is 20.6. The van der Waals surface area contributed by atoms with Crippen LogP contribution in [-0.4, -0.2) is 48.6 Å². The molecular formula is C18H29N3O3. The predicted octanol–water partition coefficient (Wildman–Crippen LogP) is 2.38. The summed E-state index contributed by atoms with van der Waals surface area (Å²) in [5.41, 5.74) is 0.932. The van der Waals surface area contributed by atoms with Gasteiger partial charge in [-0.15, -0.1) is 0 Å². The number of carbonyl (C=O) groups is 1. The molecule has 6 nitrogen and oxygen atoms in total. The van der Waals surface area contributed by atoms with Gasteiger partial charge in [-0.1, -0.05) is 19.3 Å². The molecule has 0 bridgehead atoms. The molecule has 1 aliphatic heterocycles. The highest BCUT2D eigenvalue weighted by atomic mass is 16.5. The third kappa shape index (κ3) is 4.36. The van der Waals surface area contributed by atoms with Gasteiger partial charge in [-0.2, -0.15) is 0 Å². The summed E-state index contributed by atoms with van der Waals surface area (Å²) in [4.78, 5) is 19.1. The number of fused-ring (bicyclic) bond motifs is 1. The van der Waals surface area contributed by atoms with Gasteiger partial charge in [-0.3, -0.25) is 9.69 Å². The molecule has 1 saturated carbocycles. The lowest BCUT2D eigenvalue weighted by molar-refractivity contribution is 0.0869. The lowest BCUT2D eigenvalue weighted by Gasteiger charge is -2.31. The monoisotopic (exact) mass is 335 g/mol. The van der Waals surface area contributed by atoms with Crippen LogP contribution < -0.4 is 5.32 Å². The number of carbonyl (C=O) groups excluding carboxylic acids is 1. The first kappa shape index (κ1) is 17.4. The second-order valence-electron chi connectivity index (χ2n) is 7.21. The van der Waals surface area contributed by atoms with E-state index < -0.39 is 0 Å². The highest BCUT2D eigenvalue weighted by Gasteiger charge is 2.27. The van der Waals surface area contributed by atoms with E-state index in [0.29, 0.717) is 6.61 Å². The number of nitrogens with one attached hydrogen (secondary N) is 1. The lowest BCUT2D eigenvalue weighted by atomic mass is 9.88. The number of ether oxygens (including phenoxy) is 1. The maximum Gasteiger partial charge on any atom is 0.307 e. The Hall–Kier alpha value is -1.40. The molecule has 1 amide bonds. The number of hydrogen-bond acceptors (Lipinski definition) is 5. The topological polar surface area (TPSA) is 67.6 Å². The van der Waals surface area contributed by atoms with Crippen molar-refractivity contribution in [3.63, 3.8) is 0 Å². The zero-order valence-corrected chi connectivity index (χ0v) is 14.8. The van der Waals surface area contributed by atoms with Crippen molar-refractivity contribution >= 4 is 5.91 Å². The summed E-state index contributed by atoms with van der Waals surface area (Å²) in [6.07, 6.45) is 7.69. The zero-order chi connectivity index (χ0) is 16.9. The van der Waals surface area contributed by atoms with Crippen molar-refractivity contribution in [2.24, 2.45) is 5.92 Å². The first-order valence-corrected chi connectivity index (χ1v) is 9.16. The maximum absolute atomic E-state index is 12.2. The Morgan fingerprint density at radius 1 is 1.42 bits per heavy atom. The molecule has 0 spiro atoms. The maximum atomic E-state index is 12.2. The first-order chi connectivity index (χ1) is 11.7. The van der Waals surface area contributed by atoms with Crippen LogP contribution >= 0.6 is 0 Å². The van der Waals surface area contributed by atoms with Crippen LogP contribution in [-0.2, 0) is 17.7 Å². The molecule has 1 atom stereocenters. The van der Waals surface area contributed by atoms with Crippen molar-refractivity contribution in [2.45, 2.75) is 58.0 Å². The molecule has 1 fully saturated rings. The van der Waals surface area contributed by atoms with Gasteiger partial charge in [0.05, 0.1) is 12.3 Å². The van der Waals surface area contributed by atoms with Gasteiger partial charge in [0.15, 0.2) is 0 Å². The Kier molecular flexibility index (Phi) is 5.89. The van der Waals surface area contributed by atoms with Gasteiger partial charge < -0.3 is 14.5 Å². The molecule has 0 unspecified atom stereocenters. The van der Waals surface area contributed by atoms with E-state index >= 15 is 0 Å². The Bertz CT molecular complexity index is 552. The summed E-state index contributed by atoms with van der Waals surface area (Å²) in [5.74, 6) is 1.62. The quantitative estimate of drug-likeness (QED) is 0.864. The van der Waals surface area contributed by atoms with Gasteiger partial charge >= 0.3 is 5.91 Å². The number of hydrogen-bond donors (Lipinski definition) is 1. The number of amides is 1. The molecule has 2 heterocycles. The Labute approximate surface area is 143 Å². The van der Waals surface area contributed by atoms with Crippen LogP contribution in [0.1, 0.15) is 61.2 Å². The summed E-state index contributed by atoms with van der Waals surface area (Å²) in [6, 6.07) is -0.0609. The molecule has 0 aromatic carbocycles. The fourth-order valence-corrected chi connectivity index (χ4v) is 3.82. The molecular weight excluding hydrogens is 306 g/mol. The third-order valence-corrected chi connectivity index (χ3v) is 5.04. The standard InChI is InChI=1S/C18H29N3O3/c1-13(12-23-2)19-17(22)18-20-15-11-21(9-8-16(15)24-18)10-14-6-4-3-5-7-14/h13-14H,3-12H2,1-2H3,(H,19,22)/t13-/m1/s1. The van der Waals surface area contributed by atoms with Crippen LogP contribution in [0.25, 0.3) is 0 Å². The molecule has 2 aliphatic rings. The summed E-state index contributed by atoms with van der Waals surface area (Å²) in [6.45, 7) is 5.33. The Morgan fingerprint density at radius 2 is 2.21 bits per heavy atom. The summed E-state index contributed by atoms with van der Waals surface area (Å²) < 4.78 is 10.7. The smallest absolute Gasteiger partial charge is 0.307 e. The van der Waals surface area contributed by atoms with Crippen molar-refractivity contribution in [2.75, 3.05) is 26.8 Å². The first-order valence-electron chi connectivity index (χ1n) is 9.16. The average molecular weight is 335 g/mol. The van der Waals surface area contributed by atoms with Crippen LogP contribution in [0.15, 0.2) is 4.42 Å². The van der Waals surface area contributed by atoms with Crippen LogP contribution in [0.4, 0.5) is 0 Å². The van der Waals surface area contributed by atoms with Crippen molar-refractivity contribution in [3.8, 4) is 0 Å². The van der Waals surface area contributed by atoms with E-state index in [9.17, 15) is 4.79 Å². The molecule has 0 saturated heterocycles. The number of oxazole rings is 1. The van der Waals surface area contributed by atoms with Crippen LogP contribution in [0.3, 0.4) is 0 Å². The summed E-state index contributed by atoms with van der Waals surface area (Å²) in [5, 5.41) is 2.85. The molecule has 24 heavy (non-hydrogen) atoms. The molecule has 134 valence electrons. The van der Waals surface area contributed by atoms with E-state index in [2.05, 4.69) is 15.2 Å². The molecule has 3 rings (SSSR count). The van der Waals surface area contributed by atoms with E-state index in [4.69, 9.17) is 9.15 Å². The SMILES string of the molecule is COC[C@@H](C)NC(=O)c1nc2c(o1)CCN(CC1CCCCC1)C2. The van der Waals surface area contributed by atoms with E-state index in [0.717, 1.165) is 43.4 Å². The fraction of sp³-hybridized carbons (Fsp3) is 0.778. The molecule has 1 aromatic rings. The highest BCUT2D eigenvalue weighted by molar-refractivity contribution is 5.89. The van der Waals surface area contributed by atoms with Crippen LogP contribution in [0.5, 0.6) is 0 Å². The van der Waals surface area contributed by atoms with E-state index in [1.165, 1.54) is 32.1 Å².